The summed E-state index contributed by atoms with van der Waals surface area (Å²) in [6.07, 6.45) is 2.14. The van der Waals surface area contributed by atoms with Gasteiger partial charge in [0.2, 0.25) is 5.91 Å². The third-order valence-electron chi connectivity index (χ3n) is 4.94. The molecule has 1 atom stereocenters. The van der Waals surface area contributed by atoms with Crippen molar-refractivity contribution in [3.63, 3.8) is 0 Å². The first-order chi connectivity index (χ1) is 12.1. The molecular formula is C20H35ClN4O. The number of hydrogen-bond acceptors (Lipinski definition) is 4. The fourth-order valence-corrected chi connectivity index (χ4v) is 3.11. The number of halogens is 1. The van der Waals surface area contributed by atoms with E-state index in [-0.39, 0.29) is 24.2 Å². The first-order valence-corrected chi connectivity index (χ1v) is 9.58. The maximum Gasteiger partial charge on any atom is 0.237 e. The maximum atomic E-state index is 11.8. The van der Waals surface area contributed by atoms with Crippen molar-refractivity contribution in [2.75, 3.05) is 39.3 Å². The molecule has 148 valence electrons. The molecule has 0 unspecified atom stereocenters. The van der Waals surface area contributed by atoms with Crippen molar-refractivity contribution in [2.24, 2.45) is 11.7 Å². The Balaban J connectivity index is 0.00000338. The minimum Gasteiger partial charge on any atom is -0.355 e. The molecule has 1 aliphatic heterocycles. The second-order valence-electron chi connectivity index (χ2n) is 7.37. The Morgan fingerprint density at radius 1 is 1.08 bits per heavy atom. The summed E-state index contributed by atoms with van der Waals surface area (Å²) in [4.78, 5) is 16.8. The monoisotopic (exact) mass is 382 g/mol. The van der Waals surface area contributed by atoms with E-state index in [2.05, 4.69) is 45.4 Å². The summed E-state index contributed by atoms with van der Waals surface area (Å²) in [5.74, 6) is 0.164. The highest BCUT2D eigenvalue weighted by Gasteiger charge is 2.17. The summed E-state index contributed by atoms with van der Waals surface area (Å²) < 4.78 is 0. The minimum absolute atomic E-state index is 0. The van der Waals surface area contributed by atoms with E-state index < -0.39 is 6.04 Å². The number of benzene rings is 1. The van der Waals surface area contributed by atoms with Crippen molar-refractivity contribution in [1.29, 1.82) is 0 Å². The van der Waals surface area contributed by atoms with Gasteiger partial charge in [0.05, 0.1) is 6.04 Å². The lowest BCUT2D eigenvalue weighted by Gasteiger charge is -2.34. The Bertz CT molecular complexity index is 504. The molecule has 5 nitrogen and oxygen atoms in total. The summed E-state index contributed by atoms with van der Waals surface area (Å²) in [5, 5.41) is 2.95. The maximum absolute atomic E-state index is 11.8. The predicted octanol–water partition coefficient (Wildman–Crippen LogP) is 2.11. The zero-order chi connectivity index (χ0) is 18.1. The molecule has 1 fully saturated rings. The van der Waals surface area contributed by atoms with Gasteiger partial charge < -0.3 is 16.0 Å². The van der Waals surface area contributed by atoms with Crippen LogP contribution in [0.2, 0.25) is 0 Å². The van der Waals surface area contributed by atoms with E-state index in [1.807, 2.05) is 13.8 Å². The molecule has 3 N–H and O–H groups in total. The second-order valence-corrected chi connectivity index (χ2v) is 7.37. The minimum atomic E-state index is -0.391. The summed E-state index contributed by atoms with van der Waals surface area (Å²) in [6, 6.07) is 10.3. The Morgan fingerprint density at radius 3 is 2.31 bits per heavy atom. The zero-order valence-electron chi connectivity index (χ0n) is 16.2. The average molecular weight is 383 g/mol. The summed E-state index contributed by atoms with van der Waals surface area (Å²) in [5.41, 5.74) is 7.23. The third-order valence-corrected chi connectivity index (χ3v) is 4.94. The largest absolute Gasteiger partial charge is 0.355 e. The molecule has 1 aliphatic rings. The molecule has 1 heterocycles. The molecule has 6 heteroatoms. The quantitative estimate of drug-likeness (QED) is 0.642. The van der Waals surface area contributed by atoms with Gasteiger partial charge >= 0.3 is 0 Å². The van der Waals surface area contributed by atoms with Gasteiger partial charge in [0.25, 0.3) is 0 Å². The van der Waals surface area contributed by atoms with Gasteiger partial charge in [-0.3, -0.25) is 9.69 Å². The number of hydrogen-bond donors (Lipinski definition) is 2. The van der Waals surface area contributed by atoms with E-state index in [9.17, 15) is 4.79 Å². The Hall–Kier alpha value is -1.14. The molecule has 2 rings (SSSR count). The molecule has 1 amide bonds. The van der Waals surface area contributed by atoms with Crippen molar-refractivity contribution < 1.29 is 4.79 Å². The van der Waals surface area contributed by atoms with Gasteiger partial charge in [-0.05, 0) is 30.9 Å². The lowest BCUT2D eigenvalue weighted by atomic mass is 10.1. The van der Waals surface area contributed by atoms with Crippen molar-refractivity contribution in [3.8, 4) is 0 Å². The van der Waals surface area contributed by atoms with Crippen LogP contribution in [0.5, 0.6) is 0 Å². The number of carbonyl (C=O) groups is 1. The first-order valence-electron chi connectivity index (χ1n) is 9.58. The molecule has 26 heavy (non-hydrogen) atoms. The number of carbonyl (C=O) groups excluding carboxylic acids is 1. The molecule has 1 saturated heterocycles. The van der Waals surface area contributed by atoms with Crippen LogP contribution in [-0.2, 0) is 11.3 Å². The van der Waals surface area contributed by atoms with Crippen LogP contribution in [0.4, 0.5) is 0 Å². The third kappa shape index (κ3) is 8.04. The standard InChI is InChI=1S/C20H34N4O.ClH/c1-17(2)19(21)20(25)22-10-6-7-11-23-12-14-24(15-13-23)16-18-8-4-3-5-9-18;/h3-5,8-9,17,19H,6-7,10-16,21H2,1-2H3,(H,22,25);1H/t19-;/m0./s1. The average Bonchev–Trinajstić information content (AvgIpc) is 2.62. The molecular weight excluding hydrogens is 348 g/mol. The van der Waals surface area contributed by atoms with Crippen molar-refractivity contribution in [3.05, 3.63) is 35.9 Å². The van der Waals surface area contributed by atoms with E-state index in [1.54, 1.807) is 0 Å². The molecule has 0 spiro atoms. The highest BCUT2D eigenvalue weighted by molar-refractivity contribution is 5.85. The van der Waals surface area contributed by atoms with Crippen LogP contribution in [0.3, 0.4) is 0 Å². The SMILES string of the molecule is CC(C)[C@H](N)C(=O)NCCCCN1CCN(Cc2ccccc2)CC1.Cl. The van der Waals surface area contributed by atoms with Crippen LogP contribution in [0.1, 0.15) is 32.3 Å². The van der Waals surface area contributed by atoms with E-state index >= 15 is 0 Å². The first kappa shape index (κ1) is 22.9. The van der Waals surface area contributed by atoms with Crippen LogP contribution >= 0.6 is 12.4 Å². The zero-order valence-corrected chi connectivity index (χ0v) is 17.0. The van der Waals surface area contributed by atoms with Crippen LogP contribution in [-0.4, -0.2) is 61.0 Å². The van der Waals surface area contributed by atoms with Gasteiger partial charge in [-0.25, -0.2) is 0 Å². The van der Waals surface area contributed by atoms with Crippen LogP contribution in [0.15, 0.2) is 30.3 Å². The Morgan fingerprint density at radius 2 is 1.69 bits per heavy atom. The Kier molecular flexibility index (Phi) is 10.8. The van der Waals surface area contributed by atoms with E-state index in [1.165, 1.54) is 5.56 Å². The number of piperazine rings is 1. The van der Waals surface area contributed by atoms with E-state index in [4.69, 9.17) is 5.73 Å². The lowest BCUT2D eigenvalue weighted by Crippen LogP contribution is -2.46. The molecule has 0 aromatic heterocycles. The normalized spacial score (nSPS) is 16.9. The number of unbranched alkanes of at least 4 members (excludes halogenated alkanes) is 1. The number of nitrogens with one attached hydrogen (secondary N) is 1. The van der Waals surface area contributed by atoms with Crippen LogP contribution in [0.25, 0.3) is 0 Å². The van der Waals surface area contributed by atoms with Gasteiger partial charge in [-0.1, -0.05) is 44.2 Å². The summed E-state index contributed by atoms with van der Waals surface area (Å²) in [6.45, 7) is 11.4. The highest BCUT2D eigenvalue weighted by atomic mass is 35.5. The molecule has 1 aromatic rings. The second kappa shape index (κ2) is 12.3. The molecule has 1 aromatic carbocycles. The smallest absolute Gasteiger partial charge is 0.237 e. The number of nitrogens with two attached hydrogens (primary N) is 1. The number of amides is 1. The van der Waals surface area contributed by atoms with Gasteiger partial charge in [0, 0.05) is 39.3 Å². The van der Waals surface area contributed by atoms with E-state index in [0.717, 1.165) is 58.7 Å². The molecule has 0 radical (unpaired) electrons. The predicted molar refractivity (Wildman–Crippen MR) is 110 cm³/mol. The van der Waals surface area contributed by atoms with Gasteiger partial charge in [0.1, 0.15) is 0 Å². The topological polar surface area (TPSA) is 61.6 Å². The Labute approximate surface area is 164 Å². The fourth-order valence-electron chi connectivity index (χ4n) is 3.11. The summed E-state index contributed by atoms with van der Waals surface area (Å²) in [7, 11) is 0. The van der Waals surface area contributed by atoms with Crippen molar-refractivity contribution in [1.82, 2.24) is 15.1 Å². The van der Waals surface area contributed by atoms with Gasteiger partial charge in [-0.15, -0.1) is 12.4 Å². The molecule has 0 saturated carbocycles. The van der Waals surface area contributed by atoms with Crippen LogP contribution < -0.4 is 11.1 Å². The highest BCUT2D eigenvalue weighted by Crippen LogP contribution is 2.09. The summed E-state index contributed by atoms with van der Waals surface area (Å²) >= 11 is 0. The van der Waals surface area contributed by atoms with Crippen LogP contribution in [0, 0.1) is 5.92 Å². The van der Waals surface area contributed by atoms with Crippen molar-refractivity contribution >= 4 is 18.3 Å². The molecule has 0 aliphatic carbocycles. The van der Waals surface area contributed by atoms with Gasteiger partial charge in [0.15, 0.2) is 0 Å². The van der Waals surface area contributed by atoms with Crippen molar-refractivity contribution in [2.45, 2.75) is 39.3 Å². The van der Waals surface area contributed by atoms with Gasteiger partial charge in [-0.2, -0.15) is 0 Å². The number of nitrogens with zero attached hydrogens (tertiary/aromatic N) is 2. The number of rotatable bonds is 9. The fraction of sp³-hybridized carbons (Fsp3) is 0.650. The van der Waals surface area contributed by atoms with E-state index in [0.29, 0.717) is 0 Å². The lowest BCUT2D eigenvalue weighted by molar-refractivity contribution is -0.123. The molecule has 0 bridgehead atoms.